The SMILES string of the molecule is CCCCCCCC(CCCN1C(=O)C=C(C)C1=O)CN1C(=O)C=C(C)C1=O. The van der Waals surface area contributed by atoms with Crippen LogP contribution in [0.3, 0.4) is 0 Å². The Kier molecular flexibility index (Phi) is 8.15. The summed E-state index contributed by atoms with van der Waals surface area (Å²) in [6.45, 7) is 6.30. The molecule has 0 bridgehead atoms. The summed E-state index contributed by atoms with van der Waals surface area (Å²) in [5.74, 6) is -0.709. The van der Waals surface area contributed by atoms with E-state index in [-0.39, 0.29) is 29.5 Å². The van der Waals surface area contributed by atoms with Gasteiger partial charge in [0, 0.05) is 36.4 Å². The van der Waals surface area contributed by atoms with Gasteiger partial charge in [0.05, 0.1) is 0 Å². The maximum atomic E-state index is 12.2. The molecule has 1 atom stereocenters. The summed E-state index contributed by atoms with van der Waals surface area (Å²) in [5.41, 5.74) is 0.966. The number of imide groups is 2. The van der Waals surface area contributed by atoms with Crippen LogP contribution < -0.4 is 0 Å². The number of rotatable bonds is 12. The lowest BCUT2D eigenvalue weighted by Gasteiger charge is -2.24. The summed E-state index contributed by atoms with van der Waals surface area (Å²) in [5, 5.41) is 0. The van der Waals surface area contributed by atoms with Crippen molar-refractivity contribution in [2.24, 2.45) is 5.92 Å². The van der Waals surface area contributed by atoms with Crippen LogP contribution in [-0.4, -0.2) is 46.5 Å². The van der Waals surface area contributed by atoms with E-state index in [1.165, 1.54) is 41.2 Å². The van der Waals surface area contributed by atoms with Gasteiger partial charge in [-0.25, -0.2) is 0 Å². The van der Waals surface area contributed by atoms with Gasteiger partial charge in [-0.1, -0.05) is 39.0 Å². The van der Waals surface area contributed by atoms with E-state index in [1.54, 1.807) is 13.8 Å². The monoisotopic (exact) mass is 388 g/mol. The van der Waals surface area contributed by atoms with Gasteiger partial charge < -0.3 is 0 Å². The Morgan fingerprint density at radius 3 is 1.82 bits per heavy atom. The van der Waals surface area contributed by atoms with Crippen molar-refractivity contribution in [3.05, 3.63) is 23.3 Å². The highest BCUT2D eigenvalue weighted by Gasteiger charge is 2.31. The fraction of sp³-hybridized carbons (Fsp3) is 0.636. The topological polar surface area (TPSA) is 74.8 Å². The van der Waals surface area contributed by atoms with Crippen molar-refractivity contribution in [3.63, 3.8) is 0 Å². The lowest BCUT2D eigenvalue weighted by Crippen LogP contribution is -2.36. The molecule has 0 saturated heterocycles. The van der Waals surface area contributed by atoms with E-state index < -0.39 is 0 Å². The van der Waals surface area contributed by atoms with Crippen molar-refractivity contribution < 1.29 is 19.2 Å². The normalized spacial score (nSPS) is 18.2. The van der Waals surface area contributed by atoms with Gasteiger partial charge in [-0.2, -0.15) is 0 Å². The maximum Gasteiger partial charge on any atom is 0.256 e. The smallest absolute Gasteiger partial charge is 0.256 e. The van der Waals surface area contributed by atoms with Crippen molar-refractivity contribution in [2.75, 3.05) is 13.1 Å². The van der Waals surface area contributed by atoms with E-state index >= 15 is 0 Å². The molecular weight excluding hydrogens is 356 g/mol. The number of carbonyl (C=O) groups is 4. The Hall–Kier alpha value is -2.24. The molecule has 6 nitrogen and oxygen atoms in total. The molecule has 6 heteroatoms. The second kappa shape index (κ2) is 10.3. The average Bonchev–Trinajstić information content (AvgIpc) is 3.03. The lowest BCUT2D eigenvalue weighted by molar-refractivity contribution is -0.138. The Bertz CT molecular complexity index is 693. The zero-order valence-corrected chi connectivity index (χ0v) is 17.3. The summed E-state index contributed by atoms with van der Waals surface area (Å²) < 4.78 is 0. The predicted molar refractivity (Wildman–Crippen MR) is 107 cm³/mol. The third-order valence-corrected chi connectivity index (χ3v) is 5.53. The van der Waals surface area contributed by atoms with Crippen LogP contribution in [0.15, 0.2) is 23.3 Å². The Balaban J connectivity index is 1.87. The minimum absolute atomic E-state index is 0.190. The van der Waals surface area contributed by atoms with Gasteiger partial charge >= 0.3 is 0 Å². The molecule has 0 saturated carbocycles. The van der Waals surface area contributed by atoms with Gasteiger partial charge in [-0.15, -0.1) is 0 Å². The van der Waals surface area contributed by atoms with Crippen molar-refractivity contribution in [1.29, 1.82) is 0 Å². The Labute approximate surface area is 167 Å². The van der Waals surface area contributed by atoms with Crippen molar-refractivity contribution in [3.8, 4) is 0 Å². The molecule has 28 heavy (non-hydrogen) atoms. The quantitative estimate of drug-likeness (QED) is 0.379. The van der Waals surface area contributed by atoms with E-state index in [2.05, 4.69) is 6.92 Å². The van der Waals surface area contributed by atoms with Crippen LogP contribution in [-0.2, 0) is 19.2 Å². The maximum absolute atomic E-state index is 12.2. The molecule has 2 rings (SSSR count). The molecule has 0 N–H and O–H groups in total. The highest BCUT2D eigenvalue weighted by atomic mass is 16.2. The molecule has 1 unspecified atom stereocenters. The Morgan fingerprint density at radius 2 is 1.29 bits per heavy atom. The molecule has 4 amide bonds. The third kappa shape index (κ3) is 5.63. The minimum Gasteiger partial charge on any atom is -0.275 e. The van der Waals surface area contributed by atoms with Crippen molar-refractivity contribution >= 4 is 23.6 Å². The first-order chi connectivity index (χ1) is 13.3. The second-order valence-electron chi connectivity index (χ2n) is 7.91. The van der Waals surface area contributed by atoms with Crippen molar-refractivity contribution in [2.45, 2.75) is 72.1 Å². The van der Waals surface area contributed by atoms with E-state index in [0.29, 0.717) is 30.7 Å². The fourth-order valence-corrected chi connectivity index (χ4v) is 3.82. The van der Waals surface area contributed by atoms with E-state index in [1.807, 2.05) is 0 Å². The molecule has 2 aliphatic heterocycles. The molecular formula is C22H32N2O4. The Morgan fingerprint density at radius 1 is 0.750 bits per heavy atom. The third-order valence-electron chi connectivity index (χ3n) is 5.53. The number of unbranched alkanes of at least 4 members (excludes halogenated alkanes) is 4. The van der Waals surface area contributed by atoms with E-state index in [0.717, 1.165) is 25.7 Å². The van der Waals surface area contributed by atoms with Gasteiger partial charge in [0.1, 0.15) is 0 Å². The van der Waals surface area contributed by atoms with Gasteiger partial charge in [0.2, 0.25) is 0 Å². The molecule has 2 aliphatic rings. The molecule has 2 heterocycles. The van der Waals surface area contributed by atoms with Crippen molar-refractivity contribution in [1.82, 2.24) is 9.80 Å². The number of hydrogen-bond acceptors (Lipinski definition) is 4. The van der Waals surface area contributed by atoms with Crippen LogP contribution >= 0.6 is 0 Å². The summed E-state index contributed by atoms with van der Waals surface area (Å²) >= 11 is 0. The highest BCUT2D eigenvalue weighted by molar-refractivity contribution is 6.16. The molecule has 0 aliphatic carbocycles. The lowest BCUT2D eigenvalue weighted by atomic mass is 9.95. The van der Waals surface area contributed by atoms with E-state index in [4.69, 9.17) is 0 Å². The first-order valence-electron chi connectivity index (χ1n) is 10.4. The van der Waals surface area contributed by atoms with E-state index in [9.17, 15) is 19.2 Å². The molecule has 0 aromatic carbocycles. The van der Waals surface area contributed by atoms with Gasteiger partial charge in [0.15, 0.2) is 0 Å². The summed E-state index contributed by atoms with van der Waals surface area (Å²) in [4.78, 5) is 50.8. The summed E-state index contributed by atoms with van der Waals surface area (Å²) in [6.07, 6.45) is 11.0. The molecule has 0 spiro atoms. The number of amides is 4. The number of nitrogens with zero attached hydrogens (tertiary/aromatic N) is 2. The van der Waals surface area contributed by atoms with Crippen LogP contribution in [0.1, 0.15) is 72.1 Å². The first-order valence-corrected chi connectivity index (χ1v) is 10.4. The molecule has 0 fully saturated rings. The first kappa shape index (κ1) is 22.1. The van der Waals surface area contributed by atoms with Crippen LogP contribution in [0.5, 0.6) is 0 Å². The summed E-state index contributed by atoms with van der Waals surface area (Å²) in [7, 11) is 0. The molecule has 0 radical (unpaired) electrons. The van der Waals surface area contributed by atoms with Gasteiger partial charge in [-0.05, 0) is 39.0 Å². The van der Waals surface area contributed by atoms with Crippen LogP contribution in [0.4, 0.5) is 0 Å². The molecule has 0 aromatic rings. The average molecular weight is 389 g/mol. The minimum atomic E-state index is -0.247. The molecule has 0 aromatic heterocycles. The van der Waals surface area contributed by atoms with Crippen LogP contribution in [0.2, 0.25) is 0 Å². The highest BCUT2D eigenvalue weighted by Crippen LogP contribution is 2.23. The van der Waals surface area contributed by atoms with Gasteiger partial charge in [-0.3, -0.25) is 29.0 Å². The standard InChI is InChI=1S/C22H32N2O4/c1-4-5-6-7-8-10-18(15-24-20(26)14-17(3)22(24)28)11-9-12-23-19(25)13-16(2)21(23)27/h13-14,18H,4-12,15H2,1-3H3. The fourth-order valence-electron chi connectivity index (χ4n) is 3.82. The largest absolute Gasteiger partial charge is 0.275 e. The zero-order valence-electron chi connectivity index (χ0n) is 17.3. The number of carbonyl (C=O) groups excluding carboxylic acids is 4. The van der Waals surface area contributed by atoms with Gasteiger partial charge in [0.25, 0.3) is 23.6 Å². The van der Waals surface area contributed by atoms with Crippen LogP contribution in [0, 0.1) is 5.92 Å². The van der Waals surface area contributed by atoms with Crippen LogP contribution in [0.25, 0.3) is 0 Å². The predicted octanol–water partition coefficient (Wildman–Crippen LogP) is 3.37. The molecule has 154 valence electrons. The number of hydrogen-bond donors (Lipinski definition) is 0. The second-order valence-corrected chi connectivity index (χ2v) is 7.91. The zero-order chi connectivity index (χ0) is 20.7. The summed E-state index contributed by atoms with van der Waals surface area (Å²) in [6, 6.07) is 0.